The molecule has 0 spiro atoms. The molecule has 1 unspecified atom stereocenters. The van der Waals surface area contributed by atoms with Crippen molar-refractivity contribution >= 4 is 28.8 Å². The summed E-state index contributed by atoms with van der Waals surface area (Å²) < 4.78 is 6.79. The van der Waals surface area contributed by atoms with E-state index in [2.05, 4.69) is 10.1 Å². The van der Waals surface area contributed by atoms with Crippen molar-refractivity contribution < 1.29 is 9.53 Å². The molecule has 1 aliphatic heterocycles. The molecule has 2 N–H and O–H groups in total. The Morgan fingerprint density at radius 2 is 2.26 bits per heavy atom. The second-order valence-corrected chi connectivity index (χ2v) is 6.49. The third-order valence-electron chi connectivity index (χ3n) is 3.70. The van der Waals surface area contributed by atoms with E-state index in [1.165, 1.54) is 17.9 Å². The smallest absolute Gasteiger partial charge is 0.339 e. The molecule has 0 radical (unpaired) electrons. The van der Waals surface area contributed by atoms with E-state index in [1.807, 2.05) is 25.6 Å². The van der Waals surface area contributed by atoms with Crippen LogP contribution in [-0.4, -0.2) is 44.9 Å². The number of carbonyl (C=O) groups excluding carboxylic acids is 1. The molecule has 0 aliphatic carbocycles. The standard InChI is InChI=1S/C12H15N3O2.C4H9NS/c1-4-15-11-9(7-14-15)8(3)10(6-13-11)12(16)17-5-2;5-4-1-2-6-3-4/h6-7H,4-5H2,1-3H3;4H,1-3,5H2. The number of nitrogens with two attached hydrogens (primary N) is 1. The van der Waals surface area contributed by atoms with Crippen molar-refractivity contribution in [2.24, 2.45) is 5.73 Å². The first-order chi connectivity index (χ1) is 11.1. The van der Waals surface area contributed by atoms with Crippen LogP contribution < -0.4 is 5.73 Å². The second-order valence-electron chi connectivity index (χ2n) is 5.34. The number of aromatic nitrogens is 3. The summed E-state index contributed by atoms with van der Waals surface area (Å²) in [6.45, 7) is 6.80. The number of esters is 1. The molecule has 1 saturated heterocycles. The molecule has 126 valence electrons. The summed E-state index contributed by atoms with van der Waals surface area (Å²) >= 11 is 1.96. The normalized spacial score (nSPS) is 17.0. The van der Waals surface area contributed by atoms with Gasteiger partial charge >= 0.3 is 5.97 Å². The van der Waals surface area contributed by atoms with Gasteiger partial charge in [0.2, 0.25) is 0 Å². The van der Waals surface area contributed by atoms with Gasteiger partial charge in [-0.2, -0.15) is 16.9 Å². The topological polar surface area (TPSA) is 83.0 Å². The van der Waals surface area contributed by atoms with E-state index in [0.29, 0.717) is 18.2 Å². The van der Waals surface area contributed by atoms with E-state index in [9.17, 15) is 4.79 Å². The molecule has 1 atom stereocenters. The number of hydrogen-bond acceptors (Lipinski definition) is 6. The number of ether oxygens (including phenoxy) is 1. The van der Waals surface area contributed by atoms with Gasteiger partial charge in [0, 0.05) is 29.9 Å². The first kappa shape index (κ1) is 17.7. The van der Waals surface area contributed by atoms with Crippen LogP contribution in [0.5, 0.6) is 0 Å². The Hall–Kier alpha value is -1.60. The van der Waals surface area contributed by atoms with E-state index in [4.69, 9.17) is 10.5 Å². The lowest BCUT2D eigenvalue weighted by Crippen LogP contribution is -2.17. The van der Waals surface area contributed by atoms with Crippen LogP contribution in [0, 0.1) is 6.92 Å². The fourth-order valence-corrected chi connectivity index (χ4v) is 3.45. The van der Waals surface area contributed by atoms with Crippen LogP contribution in [0.1, 0.15) is 36.2 Å². The number of nitrogens with zero attached hydrogens (tertiary/aromatic N) is 3. The van der Waals surface area contributed by atoms with Crippen LogP contribution in [0.2, 0.25) is 0 Å². The minimum Gasteiger partial charge on any atom is -0.462 e. The van der Waals surface area contributed by atoms with Gasteiger partial charge in [-0.3, -0.25) is 0 Å². The van der Waals surface area contributed by atoms with Gasteiger partial charge in [-0.05, 0) is 38.5 Å². The second kappa shape index (κ2) is 8.31. The van der Waals surface area contributed by atoms with Crippen molar-refractivity contribution in [1.82, 2.24) is 14.8 Å². The summed E-state index contributed by atoms with van der Waals surface area (Å²) in [5, 5.41) is 5.12. The van der Waals surface area contributed by atoms with Crippen molar-refractivity contribution in [2.45, 2.75) is 39.8 Å². The zero-order valence-corrected chi connectivity index (χ0v) is 14.7. The van der Waals surface area contributed by atoms with Gasteiger partial charge in [0.1, 0.15) is 0 Å². The van der Waals surface area contributed by atoms with Crippen LogP contribution in [0.25, 0.3) is 11.0 Å². The quantitative estimate of drug-likeness (QED) is 0.867. The van der Waals surface area contributed by atoms with Crippen LogP contribution in [0.15, 0.2) is 12.4 Å². The molecule has 0 saturated carbocycles. The maximum Gasteiger partial charge on any atom is 0.339 e. The van der Waals surface area contributed by atoms with Gasteiger partial charge in [0.15, 0.2) is 5.65 Å². The van der Waals surface area contributed by atoms with Gasteiger partial charge in [-0.25, -0.2) is 14.5 Å². The lowest BCUT2D eigenvalue weighted by molar-refractivity contribution is 0.0525. The number of pyridine rings is 1. The number of fused-ring (bicyclic) bond motifs is 1. The van der Waals surface area contributed by atoms with Crippen molar-refractivity contribution in [1.29, 1.82) is 0 Å². The highest BCUT2D eigenvalue weighted by atomic mass is 32.2. The molecule has 3 heterocycles. The average molecular weight is 336 g/mol. The maximum absolute atomic E-state index is 11.7. The monoisotopic (exact) mass is 336 g/mol. The van der Waals surface area contributed by atoms with Gasteiger partial charge < -0.3 is 10.5 Å². The first-order valence-electron chi connectivity index (χ1n) is 7.90. The minimum absolute atomic E-state index is 0.330. The van der Waals surface area contributed by atoms with Crippen LogP contribution in [-0.2, 0) is 11.3 Å². The molecule has 7 heteroatoms. The maximum atomic E-state index is 11.7. The van der Waals surface area contributed by atoms with E-state index in [1.54, 1.807) is 24.0 Å². The highest BCUT2D eigenvalue weighted by molar-refractivity contribution is 7.99. The summed E-state index contributed by atoms with van der Waals surface area (Å²) in [4.78, 5) is 16.0. The average Bonchev–Trinajstić information content (AvgIpc) is 3.17. The summed E-state index contributed by atoms with van der Waals surface area (Å²) in [7, 11) is 0. The largest absolute Gasteiger partial charge is 0.462 e. The summed E-state index contributed by atoms with van der Waals surface area (Å²) in [5.41, 5.74) is 7.70. The Morgan fingerprint density at radius 1 is 1.48 bits per heavy atom. The molecule has 23 heavy (non-hydrogen) atoms. The zero-order valence-electron chi connectivity index (χ0n) is 13.9. The Kier molecular flexibility index (Phi) is 6.41. The molecule has 0 amide bonds. The first-order valence-corrected chi connectivity index (χ1v) is 9.05. The molecule has 1 fully saturated rings. The van der Waals surface area contributed by atoms with Crippen molar-refractivity contribution in [3.8, 4) is 0 Å². The Bertz CT molecular complexity index is 665. The fourth-order valence-electron chi connectivity index (χ4n) is 2.35. The van der Waals surface area contributed by atoms with Gasteiger partial charge in [-0.1, -0.05) is 0 Å². The number of rotatable bonds is 3. The summed E-state index contributed by atoms with van der Waals surface area (Å²) in [6, 6.07) is 0.509. The fraction of sp³-hybridized carbons (Fsp3) is 0.562. The van der Waals surface area contributed by atoms with E-state index >= 15 is 0 Å². The molecular formula is C16H24N4O2S. The summed E-state index contributed by atoms with van der Waals surface area (Å²) in [6.07, 6.45) is 4.53. The predicted molar refractivity (Wildman–Crippen MR) is 93.8 cm³/mol. The lowest BCUT2D eigenvalue weighted by atomic mass is 10.1. The molecule has 2 aromatic rings. The number of aryl methyl sites for hydroxylation is 2. The highest BCUT2D eigenvalue weighted by Gasteiger charge is 2.15. The Morgan fingerprint density at radius 3 is 2.78 bits per heavy atom. The SMILES string of the molecule is CCOC(=O)c1cnc2c(cnn2CC)c1C.NC1CCSC1. The predicted octanol–water partition coefficient (Wildman–Crippen LogP) is 2.39. The van der Waals surface area contributed by atoms with Crippen LogP contribution in [0.3, 0.4) is 0 Å². The third-order valence-corrected chi connectivity index (χ3v) is 4.88. The third kappa shape index (κ3) is 4.23. The van der Waals surface area contributed by atoms with Gasteiger partial charge in [0.05, 0.1) is 18.4 Å². The molecule has 3 rings (SSSR count). The summed E-state index contributed by atoms with van der Waals surface area (Å²) in [5.74, 6) is 2.13. The zero-order chi connectivity index (χ0) is 16.8. The molecular weight excluding hydrogens is 312 g/mol. The number of carbonyl (C=O) groups is 1. The van der Waals surface area contributed by atoms with E-state index in [0.717, 1.165) is 23.1 Å². The van der Waals surface area contributed by atoms with E-state index < -0.39 is 0 Å². The van der Waals surface area contributed by atoms with Crippen LogP contribution in [0.4, 0.5) is 0 Å². The Balaban J connectivity index is 0.000000268. The number of thioether (sulfide) groups is 1. The highest BCUT2D eigenvalue weighted by Crippen LogP contribution is 2.20. The Labute approximate surface area is 140 Å². The van der Waals surface area contributed by atoms with Crippen molar-refractivity contribution in [2.75, 3.05) is 18.1 Å². The van der Waals surface area contributed by atoms with Crippen LogP contribution >= 0.6 is 11.8 Å². The molecule has 0 aromatic carbocycles. The van der Waals surface area contributed by atoms with Crippen molar-refractivity contribution in [3.63, 3.8) is 0 Å². The molecule has 0 bridgehead atoms. The number of hydrogen-bond donors (Lipinski definition) is 1. The van der Waals surface area contributed by atoms with Gasteiger partial charge in [-0.15, -0.1) is 0 Å². The lowest BCUT2D eigenvalue weighted by Gasteiger charge is -2.06. The minimum atomic E-state index is -0.330. The van der Waals surface area contributed by atoms with E-state index in [-0.39, 0.29) is 5.97 Å². The van der Waals surface area contributed by atoms with Gasteiger partial charge in [0.25, 0.3) is 0 Å². The molecule has 6 nitrogen and oxygen atoms in total. The molecule has 1 aliphatic rings. The molecule has 2 aromatic heterocycles. The van der Waals surface area contributed by atoms with Crippen molar-refractivity contribution in [3.05, 3.63) is 23.5 Å².